The fraction of sp³-hybridized carbons (Fsp3) is 0.368. The number of nitrogens with zero attached hydrogens (tertiary/aromatic N) is 3. The Kier molecular flexibility index (Phi) is 6.94. The van der Waals surface area contributed by atoms with E-state index in [9.17, 15) is 21.6 Å². The number of hydrogen-bond acceptors (Lipinski definition) is 6. The number of anilines is 2. The highest BCUT2D eigenvalue weighted by molar-refractivity contribution is 7.92. The third-order valence-corrected chi connectivity index (χ3v) is 8.30. The molecular formula is C19H25N5O5S2. The van der Waals surface area contributed by atoms with Crippen LogP contribution < -0.4 is 10.0 Å². The van der Waals surface area contributed by atoms with Gasteiger partial charge in [-0.2, -0.15) is 17.0 Å². The molecule has 2 heterocycles. The average molecular weight is 468 g/mol. The van der Waals surface area contributed by atoms with Crippen LogP contribution in [-0.2, 0) is 25.0 Å². The number of benzene rings is 1. The van der Waals surface area contributed by atoms with Gasteiger partial charge in [0.25, 0.3) is 20.2 Å². The van der Waals surface area contributed by atoms with Crippen LogP contribution in [0.2, 0.25) is 0 Å². The second-order valence-corrected chi connectivity index (χ2v) is 11.1. The normalized spacial score (nSPS) is 16.2. The molecule has 0 unspecified atom stereocenters. The van der Waals surface area contributed by atoms with Gasteiger partial charge in [0.2, 0.25) is 5.91 Å². The second-order valence-electron chi connectivity index (χ2n) is 7.32. The fourth-order valence-electron chi connectivity index (χ4n) is 3.18. The summed E-state index contributed by atoms with van der Waals surface area (Å²) in [6.07, 6.45) is 3.78. The number of aromatic nitrogens is 1. The van der Waals surface area contributed by atoms with Crippen LogP contribution in [0.3, 0.4) is 0 Å². The van der Waals surface area contributed by atoms with Gasteiger partial charge in [0.05, 0.1) is 16.8 Å². The van der Waals surface area contributed by atoms with Gasteiger partial charge >= 0.3 is 0 Å². The van der Waals surface area contributed by atoms with E-state index in [2.05, 4.69) is 15.0 Å². The Morgan fingerprint density at radius 1 is 1.03 bits per heavy atom. The number of rotatable bonds is 7. The average Bonchev–Trinajstić information content (AvgIpc) is 2.74. The van der Waals surface area contributed by atoms with E-state index < -0.39 is 20.2 Å². The molecule has 1 amide bonds. The van der Waals surface area contributed by atoms with Crippen molar-refractivity contribution in [3.8, 4) is 0 Å². The molecule has 10 nitrogen and oxygen atoms in total. The quantitative estimate of drug-likeness (QED) is 0.632. The minimum absolute atomic E-state index is 0.0524. The van der Waals surface area contributed by atoms with Crippen molar-refractivity contribution < 1.29 is 21.6 Å². The lowest BCUT2D eigenvalue weighted by Gasteiger charge is -2.32. The lowest BCUT2D eigenvalue weighted by Crippen LogP contribution is -2.46. The molecule has 1 aromatic heterocycles. The molecule has 12 heteroatoms. The summed E-state index contributed by atoms with van der Waals surface area (Å²) in [5, 5.41) is 2.77. The van der Waals surface area contributed by atoms with E-state index in [4.69, 9.17) is 0 Å². The molecule has 0 radical (unpaired) electrons. The van der Waals surface area contributed by atoms with Crippen molar-refractivity contribution >= 4 is 37.5 Å². The molecule has 0 spiro atoms. The van der Waals surface area contributed by atoms with E-state index in [0.717, 1.165) is 4.31 Å². The number of amides is 1. The molecule has 0 bridgehead atoms. The molecule has 31 heavy (non-hydrogen) atoms. The first-order valence-corrected chi connectivity index (χ1v) is 12.5. The predicted molar refractivity (Wildman–Crippen MR) is 117 cm³/mol. The summed E-state index contributed by atoms with van der Waals surface area (Å²) in [6, 6.07) is 9.05. The molecule has 1 aromatic carbocycles. The van der Waals surface area contributed by atoms with Gasteiger partial charge in [-0.1, -0.05) is 0 Å². The molecule has 2 N–H and O–H groups in total. The molecule has 1 fully saturated rings. The molecule has 3 rings (SSSR count). The van der Waals surface area contributed by atoms with E-state index in [0.29, 0.717) is 24.2 Å². The zero-order valence-electron chi connectivity index (χ0n) is 17.2. The van der Waals surface area contributed by atoms with Crippen molar-refractivity contribution in [1.29, 1.82) is 0 Å². The van der Waals surface area contributed by atoms with Gasteiger partial charge < -0.3 is 5.32 Å². The second kappa shape index (κ2) is 9.30. The topological polar surface area (TPSA) is 129 Å². The van der Waals surface area contributed by atoms with Crippen LogP contribution in [0.25, 0.3) is 0 Å². The van der Waals surface area contributed by atoms with E-state index in [-0.39, 0.29) is 29.8 Å². The van der Waals surface area contributed by atoms with Crippen molar-refractivity contribution in [2.24, 2.45) is 5.92 Å². The highest BCUT2D eigenvalue weighted by Crippen LogP contribution is 2.23. The van der Waals surface area contributed by atoms with Crippen LogP contribution in [0, 0.1) is 5.92 Å². The van der Waals surface area contributed by atoms with Gasteiger partial charge in [-0.15, -0.1) is 0 Å². The Morgan fingerprint density at radius 2 is 1.68 bits per heavy atom. The van der Waals surface area contributed by atoms with Gasteiger partial charge in [-0.25, -0.2) is 8.42 Å². The number of piperidine rings is 1. The number of sulfonamides is 1. The molecule has 0 saturated carbocycles. The maximum Gasteiger partial charge on any atom is 0.281 e. The Balaban J connectivity index is 1.58. The van der Waals surface area contributed by atoms with Gasteiger partial charge in [0.1, 0.15) is 0 Å². The molecule has 168 valence electrons. The molecule has 0 aliphatic carbocycles. The fourth-order valence-corrected chi connectivity index (χ4v) is 5.36. The van der Waals surface area contributed by atoms with Gasteiger partial charge in [0.15, 0.2) is 0 Å². The molecule has 1 aliphatic heterocycles. The highest BCUT2D eigenvalue weighted by atomic mass is 32.2. The molecular weight excluding hydrogens is 442 g/mol. The smallest absolute Gasteiger partial charge is 0.281 e. The summed E-state index contributed by atoms with van der Waals surface area (Å²) in [7, 11) is -4.30. The Morgan fingerprint density at radius 3 is 2.23 bits per heavy atom. The van der Waals surface area contributed by atoms with Crippen LogP contribution in [0.5, 0.6) is 0 Å². The lowest BCUT2D eigenvalue weighted by molar-refractivity contribution is -0.120. The summed E-state index contributed by atoms with van der Waals surface area (Å²) >= 11 is 0. The summed E-state index contributed by atoms with van der Waals surface area (Å²) in [5.41, 5.74) is 0.816. The Labute approximate surface area is 182 Å². The van der Waals surface area contributed by atoms with Gasteiger partial charge in [-0.05, 0) is 49.2 Å². The molecule has 0 atom stereocenters. The van der Waals surface area contributed by atoms with Crippen molar-refractivity contribution in [1.82, 2.24) is 13.6 Å². The summed E-state index contributed by atoms with van der Waals surface area (Å²) in [4.78, 5) is 16.5. The first-order chi connectivity index (χ1) is 14.6. The minimum atomic E-state index is -3.78. The number of pyridine rings is 1. The molecule has 1 aliphatic rings. The van der Waals surface area contributed by atoms with Crippen LogP contribution in [0.1, 0.15) is 12.8 Å². The summed E-state index contributed by atoms with van der Waals surface area (Å²) in [6.45, 7) is 0.547. The Bertz CT molecular complexity index is 1110. The Hall–Kier alpha value is -2.54. The van der Waals surface area contributed by atoms with E-state index in [1.54, 1.807) is 18.3 Å². The third kappa shape index (κ3) is 5.58. The maximum atomic E-state index is 12.6. The maximum absolute atomic E-state index is 12.6. The van der Waals surface area contributed by atoms with E-state index in [1.165, 1.54) is 48.9 Å². The summed E-state index contributed by atoms with van der Waals surface area (Å²) < 4.78 is 54.2. The van der Waals surface area contributed by atoms with Crippen LogP contribution >= 0.6 is 0 Å². The summed E-state index contributed by atoms with van der Waals surface area (Å²) in [5.74, 6) is -0.532. The zero-order chi connectivity index (χ0) is 22.6. The number of carbonyl (C=O) groups is 1. The standard InChI is InChI=1S/C19H25N5O5S2/c1-23(2)31(28,29)24-12-9-15(10-13-24)19(25)21-16-5-7-18(8-6-16)30(26,27)22-17-4-3-11-20-14-17/h3-8,11,14-15,22H,9-10,12-13H2,1-2H3,(H,21,25). The van der Waals surface area contributed by atoms with Crippen molar-refractivity contribution in [3.05, 3.63) is 48.8 Å². The number of hydrogen-bond donors (Lipinski definition) is 2. The highest BCUT2D eigenvalue weighted by Gasteiger charge is 2.32. The molecule has 1 saturated heterocycles. The zero-order valence-corrected chi connectivity index (χ0v) is 18.9. The van der Waals surface area contributed by atoms with Crippen molar-refractivity contribution in [3.63, 3.8) is 0 Å². The van der Waals surface area contributed by atoms with Gasteiger partial charge in [-0.3, -0.25) is 14.5 Å². The predicted octanol–water partition coefficient (Wildman–Crippen LogP) is 1.34. The van der Waals surface area contributed by atoms with E-state index in [1.807, 2.05) is 0 Å². The van der Waals surface area contributed by atoms with Crippen LogP contribution in [-0.4, -0.2) is 63.5 Å². The lowest BCUT2D eigenvalue weighted by atomic mass is 9.97. The van der Waals surface area contributed by atoms with E-state index >= 15 is 0 Å². The number of nitrogens with one attached hydrogen (secondary N) is 2. The first-order valence-electron chi connectivity index (χ1n) is 9.61. The third-order valence-electron chi connectivity index (χ3n) is 4.96. The van der Waals surface area contributed by atoms with Crippen LogP contribution in [0.4, 0.5) is 11.4 Å². The monoisotopic (exact) mass is 467 g/mol. The largest absolute Gasteiger partial charge is 0.326 e. The van der Waals surface area contributed by atoms with Gasteiger partial charge in [0, 0.05) is 45.0 Å². The molecule has 2 aromatic rings. The van der Waals surface area contributed by atoms with Crippen molar-refractivity contribution in [2.45, 2.75) is 17.7 Å². The minimum Gasteiger partial charge on any atom is -0.326 e. The SMILES string of the molecule is CN(C)S(=O)(=O)N1CCC(C(=O)Nc2ccc(S(=O)(=O)Nc3cccnc3)cc2)CC1. The number of carbonyl (C=O) groups excluding carboxylic acids is 1. The first kappa shape index (κ1) is 23.1. The van der Waals surface area contributed by atoms with Crippen LogP contribution in [0.15, 0.2) is 53.7 Å². The van der Waals surface area contributed by atoms with Crippen molar-refractivity contribution in [2.75, 3.05) is 37.2 Å².